The number of hydrogen-bond acceptors (Lipinski definition) is 2. The molecule has 0 spiro atoms. The van der Waals surface area contributed by atoms with Crippen LogP contribution in [0.3, 0.4) is 0 Å². The molecule has 0 saturated heterocycles. The third-order valence-corrected chi connectivity index (χ3v) is 4.16. The van der Waals surface area contributed by atoms with Crippen LogP contribution in [0, 0.1) is 17.8 Å². The van der Waals surface area contributed by atoms with Gasteiger partial charge in [0.05, 0.1) is 5.60 Å². The fourth-order valence-corrected chi connectivity index (χ4v) is 2.99. The largest absolute Gasteiger partial charge is 0.387 e. The summed E-state index contributed by atoms with van der Waals surface area (Å²) < 4.78 is 0. The maximum atomic E-state index is 11.4. The van der Waals surface area contributed by atoms with Gasteiger partial charge in [-0.1, -0.05) is 20.3 Å². The second-order valence-electron chi connectivity index (χ2n) is 5.42. The number of nitrogens with one attached hydrogen (secondary N) is 1. The Labute approximate surface area is 91.2 Å². The molecule has 3 heteroatoms. The van der Waals surface area contributed by atoms with E-state index < -0.39 is 5.60 Å². The van der Waals surface area contributed by atoms with E-state index in [4.69, 9.17) is 0 Å². The lowest BCUT2D eigenvalue weighted by atomic mass is 9.54. The number of aliphatic hydroxyl groups is 1. The van der Waals surface area contributed by atoms with Crippen molar-refractivity contribution in [2.75, 3.05) is 6.54 Å². The van der Waals surface area contributed by atoms with Crippen LogP contribution in [0.2, 0.25) is 0 Å². The summed E-state index contributed by atoms with van der Waals surface area (Å²) in [5.74, 6) is 0.925. The Kier molecular flexibility index (Phi) is 2.75. The lowest BCUT2D eigenvalue weighted by Crippen LogP contribution is -2.63. The van der Waals surface area contributed by atoms with Gasteiger partial charge < -0.3 is 10.4 Å². The summed E-state index contributed by atoms with van der Waals surface area (Å²) in [4.78, 5) is 11.4. The smallest absolute Gasteiger partial charge is 0.222 e. The van der Waals surface area contributed by atoms with Gasteiger partial charge in [0.2, 0.25) is 5.91 Å². The van der Waals surface area contributed by atoms with Crippen LogP contribution in [0.5, 0.6) is 0 Å². The van der Waals surface area contributed by atoms with Crippen molar-refractivity contribution in [2.45, 2.75) is 45.1 Å². The van der Waals surface area contributed by atoms with Crippen molar-refractivity contribution in [1.29, 1.82) is 0 Å². The molecule has 2 N–H and O–H groups in total. The highest BCUT2D eigenvalue weighted by Gasteiger charge is 2.55. The molecule has 3 fully saturated rings. The Balaban J connectivity index is 1.87. The minimum Gasteiger partial charge on any atom is -0.387 e. The van der Waals surface area contributed by atoms with Crippen LogP contribution in [-0.4, -0.2) is 23.2 Å². The van der Waals surface area contributed by atoms with E-state index in [1.165, 1.54) is 6.42 Å². The molecule has 3 rings (SSSR count). The highest BCUT2D eigenvalue weighted by Crippen LogP contribution is 2.53. The van der Waals surface area contributed by atoms with Gasteiger partial charge in [0.15, 0.2) is 0 Å². The summed E-state index contributed by atoms with van der Waals surface area (Å²) in [6, 6.07) is 0. The summed E-state index contributed by atoms with van der Waals surface area (Å²) in [6.07, 6.45) is 4.67. The maximum Gasteiger partial charge on any atom is 0.222 e. The SMILES string of the molecule is CC(C)C(=O)NCC1(O)C2CCCC1C2. The first-order valence-corrected chi connectivity index (χ1v) is 6.04. The van der Waals surface area contributed by atoms with E-state index in [0.717, 1.165) is 19.3 Å². The van der Waals surface area contributed by atoms with Gasteiger partial charge in [-0.05, 0) is 31.1 Å². The van der Waals surface area contributed by atoms with Crippen LogP contribution in [0.15, 0.2) is 0 Å². The highest BCUT2D eigenvalue weighted by molar-refractivity contribution is 5.77. The van der Waals surface area contributed by atoms with Gasteiger partial charge in [0.1, 0.15) is 0 Å². The maximum absolute atomic E-state index is 11.4. The third-order valence-electron chi connectivity index (χ3n) is 4.16. The van der Waals surface area contributed by atoms with Crippen LogP contribution in [0.1, 0.15) is 39.5 Å². The molecule has 15 heavy (non-hydrogen) atoms. The van der Waals surface area contributed by atoms with E-state index >= 15 is 0 Å². The van der Waals surface area contributed by atoms with Crippen molar-refractivity contribution in [1.82, 2.24) is 5.32 Å². The number of hydrogen-bond donors (Lipinski definition) is 2. The van der Waals surface area contributed by atoms with Gasteiger partial charge in [-0.2, -0.15) is 0 Å². The summed E-state index contributed by atoms with van der Waals surface area (Å²) >= 11 is 0. The first kappa shape index (κ1) is 10.9. The number of rotatable bonds is 3. The molecule has 3 aliphatic carbocycles. The first-order valence-electron chi connectivity index (χ1n) is 6.04. The van der Waals surface area contributed by atoms with Crippen LogP contribution in [0.25, 0.3) is 0 Å². The highest BCUT2D eigenvalue weighted by atomic mass is 16.3. The minimum atomic E-state index is -0.581. The Morgan fingerprint density at radius 1 is 1.47 bits per heavy atom. The van der Waals surface area contributed by atoms with Crippen LogP contribution >= 0.6 is 0 Å². The number of amides is 1. The van der Waals surface area contributed by atoms with Gasteiger partial charge in [-0.3, -0.25) is 4.79 Å². The van der Waals surface area contributed by atoms with E-state index in [0.29, 0.717) is 18.4 Å². The van der Waals surface area contributed by atoms with Crippen molar-refractivity contribution in [3.8, 4) is 0 Å². The van der Waals surface area contributed by atoms with E-state index in [1.807, 2.05) is 13.8 Å². The predicted molar refractivity (Wildman–Crippen MR) is 58.2 cm³/mol. The Bertz CT molecular complexity index is 248. The van der Waals surface area contributed by atoms with E-state index in [1.54, 1.807) is 0 Å². The molecule has 0 aromatic rings. The molecule has 3 aliphatic rings. The molecule has 0 radical (unpaired) electrons. The molecule has 1 amide bonds. The van der Waals surface area contributed by atoms with Crippen LogP contribution in [-0.2, 0) is 4.79 Å². The van der Waals surface area contributed by atoms with Gasteiger partial charge in [0, 0.05) is 12.5 Å². The molecule has 0 heterocycles. The quantitative estimate of drug-likeness (QED) is 0.739. The molecule has 3 saturated carbocycles. The summed E-state index contributed by atoms with van der Waals surface area (Å²) in [5, 5.41) is 13.3. The zero-order valence-electron chi connectivity index (χ0n) is 9.62. The normalized spacial score (nSPS) is 38.7. The zero-order chi connectivity index (χ0) is 11.1. The fourth-order valence-electron chi connectivity index (χ4n) is 2.99. The molecule has 3 nitrogen and oxygen atoms in total. The van der Waals surface area contributed by atoms with Crippen LogP contribution in [0.4, 0.5) is 0 Å². The van der Waals surface area contributed by atoms with Gasteiger partial charge in [0.25, 0.3) is 0 Å². The molecular formula is C12H21NO2. The molecule has 2 atom stereocenters. The van der Waals surface area contributed by atoms with Gasteiger partial charge in [-0.25, -0.2) is 0 Å². The molecule has 0 aromatic carbocycles. The van der Waals surface area contributed by atoms with Crippen LogP contribution < -0.4 is 5.32 Å². The van der Waals surface area contributed by atoms with Crippen molar-refractivity contribution in [3.05, 3.63) is 0 Å². The number of carbonyl (C=O) groups is 1. The first-order chi connectivity index (χ1) is 7.04. The van der Waals surface area contributed by atoms with E-state index in [2.05, 4.69) is 5.32 Å². The molecule has 0 aromatic heterocycles. The third kappa shape index (κ3) is 1.78. The second kappa shape index (κ2) is 3.78. The van der Waals surface area contributed by atoms with E-state index in [9.17, 15) is 9.90 Å². The monoisotopic (exact) mass is 211 g/mol. The summed E-state index contributed by atoms with van der Waals surface area (Å²) in [6.45, 7) is 4.21. The summed E-state index contributed by atoms with van der Waals surface area (Å²) in [7, 11) is 0. The predicted octanol–water partition coefficient (Wildman–Crippen LogP) is 1.31. The van der Waals surface area contributed by atoms with Crippen molar-refractivity contribution < 1.29 is 9.90 Å². The van der Waals surface area contributed by atoms with Crippen molar-refractivity contribution >= 4 is 5.91 Å². The van der Waals surface area contributed by atoms with Gasteiger partial charge >= 0.3 is 0 Å². The number of fused-ring (bicyclic) bond motifs is 2. The Morgan fingerprint density at radius 2 is 2.07 bits per heavy atom. The lowest BCUT2D eigenvalue weighted by Gasteiger charge is -2.56. The zero-order valence-corrected chi connectivity index (χ0v) is 9.62. The van der Waals surface area contributed by atoms with Gasteiger partial charge in [-0.15, -0.1) is 0 Å². The summed E-state index contributed by atoms with van der Waals surface area (Å²) in [5.41, 5.74) is -0.581. The standard InChI is InChI=1S/C12H21NO2/c1-8(2)11(14)13-7-12(15)9-4-3-5-10(12)6-9/h8-10,15H,3-7H2,1-2H3,(H,13,14). The number of carbonyl (C=O) groups excluding carboxylic acids is 1. The molecule has 0 aliphatic heterocycles. The molecule has 86 valence electrons. The molecule has 2 bridgehead atoms. The Morgan fingerprint density at radius 3 is 2.53 bits per heavy atom. The molecule has 2 unspecified atom stereocenters. The Hall–Kier alpha value is -0.570. The van der Waals surface area contributed by atoms with Crippen molar-refractivity contribution in [2.24, 2.45) is 17.8 Å². The van der Waals surface area contributed by atoms with E-state index in [-0.39, 0.29) is 11.8 Å². The fraction of sp³-hybridized carbons (Fsp3) is 0.917. The minimum absolute atomic E-state index is 0.00789. The lowest BCUT2D eigenvalue weighted by molar-refractivity contribution is -0.175. The van der Waals surface area contributed by atoms with Crippen molar-refractivity contribution in [3.63, 3.8) is 0 Å². The molecular weight excluding hydrogens is 190 g/mol. The second-order valence-corrected chi connectivity index (χ2v) is 5.42. The average molecular weight is 211 g/mol. The topological polar surface area (TPSA) is 49.3 Å². The average Bonchev–Trinajstić information content (AvgIpc) is 2.25.